The van der Waals surface area contributed by atoms with Crippen LogP contribution in [0.2, 0.25) is 10.0 Å². The molecule has 0 aromatic heterocycles. The van der Waals surface area contributed by atoms with Crippen LogP contribution in [0.4, 0.5) is 11.4 Å². The first-order valence-electron chi connectivity index (χ1n) is 9.71. The van der Waals surface area contributed by atoms with Crippen molar-refractivity contribution in [1.82, 2.24) is 0 Å². The summed E-state index contributed by atoms with van der Waals surface area (Å²) in [6.07, 6.45) is 0. The molecular formula is C23H22Cl2N2O5S. The first kappa shape index (κ1) is 24.7. The van der Waals surface area contributed by atoms with E-state index in [2.05, 4.69) is 5.32 Å². The average Bonchev–Trinajstić information content (AvgIpc) is 2.76. The summed E-state index contributed by atoms with van der Waals surface area (Å²) in [4.78, 5) is 12.8. The molecule has 0 radical (unpaired) electrons. The van der Waals surface area contributed by atoms with E-state index in [1.165, 1.54) is 38.5 Å². The number of ether oxygens (including phenoxy) is 2. The second-order valence-corrected chi connectivity index (χ2v) is 9.78. The third-order valence-electron chi connectivity index (χ3n) is 4.66. The number of hydrogen-bond donors (Lipinski definition) is 1. The van der Waals surface area contributed by atoms with Gasteiger partial charge in [0.1, 0.15) is 22.9 Å². The Kier molecular flexibility index (Phi) is 7.73. The topological polar surface area (TPSA) is 84.9 Å². The maximum Gasteiger partial charge on any atom is 0.268 e. The summed E-state index contributed by atoms with van der Waals surface area (Å²) in [6, 6.07) is 15.8. The van der Waals surface area contributed by atoms with Crippen LogP contribution in [0.15, 0.2) is 65.6 Å². The molecule has 0 bridgehead atoms. The smallest absolute Gasteiger partial charge is 0.268 e. The zero-order valence-electron chi connectivity index (χ0n) is 18.1. The summed E-state index contributed by atoms with van der Waals surface area (Å²) >= 11 is 12.3. The molecular weight excluding hydrogens is 487 g/mol. The summed E-state index contributed by atoms with van der Waals surface area (Å²) in [5.74, 6) is 0.116. The van der Waals surface area contributed by atoms with Crippen molar-refractivity contribution in [3.63, 3.8) is 0 Å². The van der Waals surface area contributed by atoms with Crippen molar-refractivity contribution in [2.45, 2.75) is 11.8 Å². The molecule has 0 saturated heterocycles. The fourth-order valence-electron chi connectivity index (χ4n) is 3.13. The Morgan fingerprint density at radius 2 is 1.67 bits per heavy atom. The summed E-state index contributed by atoms with van der Waals surface area (Å²) < 4.78 is 38.8. The molecule has 0 aliphatic rings. The minimum atomic E-state index is -4.25. The van der Waals surface area contributed by atoms with Crippen LogP contribution in [-0.4, -0.2) is 35.1 Å². The van der Waals surface area contributed by atoms with Crippen LogP contribution < -0.4 is 19.1 Å². The lowest BCUT2D eigenvalue weighted by atomic mass is 10.2. The molecule has 3 aromatic carbocycles. The molecule has 0 aliphatic heterocycles. The molecule has 0 heterocycles. The van der Waals surface area contributed by atoms with E-state index in [-0.39, 0.29) is 26.4 Å². The normalized spacial score (nSPS) is 11.1. The van der Waals surface area contributed by atoms with Crippen molar-refractivity contribution in [2.75, 3.05) is 30.4 Å². The van der Waals surface area contributed by atoms with Crippen LogP contribution in [0.1, 0.15) is 5.56 Å². The van der Waals surface area contributed by atoms with Gasteiger partial charge in [0.2, 0.25) is 5.91 Å². The second-order valence-electron chi connectivity index (χ2n) is 7.07. The van der Waals surface area contributed by atoms with Gasteiger partial charge >= 0.3 is 0 Å². The van der Waals surface area contributed by atoms with Gasteiger partial charge in [-0.15, -0.1) is 0 Å². The first-order chi connectivity index (χ1) is 15.6. The molecule has 0 unspecified atom stereocenters. The quantitative estimate of drug-likeness (QED) is 0.454. The maximum atomic E-state index is 13.7. The minimum absolute atomic E-state index is 0.0877. The van der Waals surface area contributed by atoms with Gasteiger partial charge in [0.05, 0.1) is 19.9 Å². The molecule has 1 N–H and O–H groups in total. The fraction of sp³-hybridized carbons (Fsp3) is 0.174. The number of methoxy groups -OCH3 is 2. The Morgan fingerprint density at radius 3 is 2.30 bits per heavy atom. The molecule has 174 valence electrons. The van der Waals surface area contributed by atoms with Gasteiger partial charge in [-0.05, 0) is 55.0 Å². The molecule has 0 aliphatic carbocycles. The van der Waals surface area contributed by atoms with E-state index >= 15 is 0 Å². The number of benzene rings is 3. The Bertz CT molecular complexity index is 1260. The number of rotatable bonds is 8. The lowest BCUT2D eigenvalue weighted by Gasteiger charge is -2.25. The van der Waals surface area contributed by atoms with Crippen LogP contribution in [-0.2, 0) is 14.8 Å². The van der Waals surface area contributed by atoms with Crippen molar-refractivity contribution < 1.29 is 22.7 Å². The van der Waals surface area contributed by atoms with Crippen molar-refractivity contribution in [2.24, 2.45) is 0 Å². The van der Waals surface area contributed by atoms with Crippen molar-refractivity contribution in [3.8, 4) is 11.5 Å². The Morgan fingerprint density at radius 1 is 0.970 bits per heavy atom. The van der Waals surface area contributed by atoms with Gasteiger partial charge in [-0.25, -0.2) is 8.42 Å². The van der Waals surface area contributed by atoms with E-state index in [9.17, 15) is 13.2 Å². The fourth-order valence-corrected chi connectivity index (χ4v) is 5.30. The SMILES string of the molecule is COc1cccc(NC(=O)CN(c2cc(Cl)cc(Cl)c2)S(=O)(=O)c2cc(C)ccc2OC)c1. The highest BCUT2D eigenvalue weighted by atomic mass is 35.5. The predicted molar refractivity (Wildman–Crippen MR) is 130 cm³/mol. The molecule has 7 nitrogen and oxygen atoms in total. The molecule has 0 fully saturated rings. The van der Waals surface area contributed by atoms with Gasteiger partial charge in [-0.3, -0.25) is 9.10 Å². The highest BCUT2D eigenvalue weighted by Crippen LogP contribution is 2.33. The van der Waals surface area contributed by atoms with Crippen molar-refractivity contribution in [1.29, 1.82) is 0 Å². The molecule has 0 saturated carbocycles. The van der Waals surface area contributed by atoms with E-state index in [1.807, 2.05) is 0 Å². The third kappa shape index (κ3) is 5.90. The number of amides is 1. The number of carbonyl (C=O) groups is 1. The van der Waals surface area contributed by atoms with Crippen LogP contribution in [0.3, 0.4) is 0 Å². The van der Waals surface area contributed by atoms with E-state index < -0.39 is 22.5 Å². The Balaban J connectivity index is 2.05. The molecule has 3 aromatic rings. The summed E-state index contributed by atoms with van der Waals surface area (Å²) in [5.41, 5.74) is 1.30. The number of sulfonamides is 1. The van der Waals surface area contributed by atoms with E-state index in [1.54, 1.807) is 43.3 Å². The number of nitrogens with zero attached hydrogens (tertiary/aromatic N) is 1. The largest absolute Gasteiger partial charge is 0.497 e. The summed E-state index contributed by atoms with van der Waals surface area (Å²) in [7, 11) is -1.37. The van der Waals surface area contributed by atoms with Gasteiger partial charge in [0, 0.05) is 21.8 Å². The minimum Gasteiger partial charge on any atom is -0.497 e. The lowest BCUT2D eigenvalue weighted by molar-refractivity contribution is -0.114. The highest BCUT2D eigenvalue weighted by molar-refractivity contribution is 7.93. The van der Waals surface area contributed by atoms with Gasteiger partial charge in [-0.1, -0.05) is 35.3 Å². The zero-order valence-corrected chi connectivity index (χ0v) is 20.5. The number of halogens is 2. The van der Waals surface area contributed by atoms with Gasteiger partial charge < -0.3 is 14.8 Å². The second kappa shape index (κ2) is 10.3. The van der Waals surface area contributed by atoms with E-state index in [0.29, 0.717) is 17.0 Å². The van der Waals surface area contributed by atoms with Crippen molar-refractivity contribution in [3.05, 3.63) is 76.3 Å². The lowest BCUT2D eigenvalue weighted by Crippen LogP contribution is -2.38. The monoisotopic (exact) mass is 508 g/mol. The van der Waals surface area contributed by atoms with Gasteiger partial charge in [-0.2, -0.15) is 0 Å². The maximum absolute atomic E-state index is 13.7. The first-order valence-corrected chi connectivity index (χ1v) is 11.9. The molecule has 33 heavy (non-hydrogen) atoms. The van der Waals surface area contributed by atoms with Crippen molar-refractivity contribution >= 4 is 50.5 Å². The van der Waals surface area contributed by atoms with Gasteiger partial charge in [0.25, 0.3) is 10.0 Å². The van der Waals surface area contributed by atoms with E-state index in [4.69, 9.17) is 32.7 Å². The number of nitrogens with one attached hydrogen (secondary N) is 1. The average molecular weight is 509 g/mol. The zero-order chi connectivity index (χ0) is 24.2. The summed E-state index contributed by atoms with van der Waals surface area (Å²) in [5, 5.41) is 3.14. The predicted octanol–water partition coefficient (Wildman–Crippen LogP) is 5.15. The number of hydrogen-bond acceptors (Lipinski definition) is 5. The standard InChI is InChI=1S/C23H22Cl2N2O5S/c1-15-7-8-21(32-3)22(9-15)33(29,30)27(19-11-16(24)10-17(25)12-19)14-23(28)26-18-5-4-6-20(13-18)31-2/h4-13H,14H2,1-3H3,(H,26,28). The number of aryl methyl sites for hydroxylation is 1. The molecule has 0 spiro atoms. The molecule has 0 atom stereocenters. The molecule has 1 amide bonds. The number of carbonyl (C=O) groups excluding carboxylic acids is 1. The third-order valence-corrected chi connectivity index (χ3v) is 6.89. The van der Waals surface area contributed by atoms with E-state index in [0.717, 1.165) is 4.31 Å². The number of anilines is 2. The highest BCUT2D eigenvalue weighted by Gasteiger charge is 2.30. The molecule has 3 rings (SSSR count). The molecule has 10 heteroatoms. The van der Waals surface area contributed by atoms with Gasteiger partial charge in [0.15, 0.2) is 0 Å². The summed E-state index contributed by atoms with van der Waals surface area (Å²) in [6.45, 7) is 1.22. The van der Waals surface area contributed by atoms with Crippen LogP contribution in [0.25, 0.3) is 0 Å². The Labute approximate surface area is 202 Å². The van der Waals surface area contributed by atoms with Crippen LogP contribution in [0, 0.1) is 6.92 Å². The van der Waals surface area contributed by atoms with Crippen LogP contribution in [0.5, 0.6) is 11.5 Å². The Hall–Kier alpha value is -2.94. The van der Waals surface area contributed by atoms with Crippen LogP contribution >= 0.6 is 23.2 Å².